The highest BCUT2D eigenvalue weighted by atomic mass is 35.5. The van der Waals surface area contributed by atoms with Gasteiger partial charge in [-0.05, 0) is 42.3 Å². The molecule has 0 amide bonds. The van der Waals surface area contributed by atoms with E-state index in [9.17, 15) is 9.90 Å². The minimum Gasteiger partial charge on any atom is -0.478 e. The molecule has 0 radical (unpaired) electrons. The summed E-state index contributed by atoms with van der Waals surface area (Å²) in [5, 5.41) is 10.4. The Bertz CT molecular complexity index is 980. The van der Waals surface area contributed by atoms with E-state index in [0.29, 0.717) is 22.0 Å². The van der Waals surface area contributed by atoms with E-state index in [1.807, 2.05) is 30.7 Å². The van der Waals surface area contributed by atoms with Gasteiger partial charge in [0.1, 0.15) is 5.82 Å². The maximum atomic E-state index is 11.3. The summed E-state index contributed by atoms with van der Waals surface area (Å²) in [6.07, 6.45) is 0.320. The quantitative estimate of drug-likeness (QED) is 0.682. The van der Waals surface area contributed by atoms with Crippen molar-refractivity contribution in [3.8, 4) is 0 Å². The standard InChI is InChI=1S/C17H13Cl3N2O2/c1-8-5-9(18)6-13-16(8)21-14(22(13)2)7-11-12(19)4-3-10(15(11)20)17(23)24/h3-6H,7H2,1-2H3,(H,23,24). The lowest BCUT2D eigenvalue weighted by atomic mass is 10.1. The predicted octanol–water partition coefficient (Wildman–Crippen LogP) is 5.13. The zero-order chi connectivity index (χ0) is 17.6. The summed E-state index contributed by atoms with van der Waals surface area (Å²) in [6, 6.07) is 6.63. The highest BCUT2D eigenvalue weighted by Crippen LogP contribution is 2.31. The summed E-state index contributed by atoms with van der Waals surface area (Å²) in [4.78, 5) is 15.9. The van der Waals surface area contributed by atoms with Crippen LogP contribution in [0.1, 0.15) is 27.3 Å². The van der Waals surface area contributed by atoms with Crippen molar-refractivity contribution in [2.75, 3.05) is 0 Å². The van der Waals surface area contributed by atoms with Gasteiger partial charge in [0.25, 0.3) is 0 Å². The lowest BCUT2D eigenvalue weighted by Gasteiger charge is -2.09. The summed E-state index contributed by atoms with van der Waals surface area (Å²) in [5.74, 6) is -0.368. The van der Waals surface area contributed by atoms with Crippen LogP contribution in [0.5, 0.6) is 0 Å². The zero-order valence-electron chi connectivity index (χ0n) is 12.9. The molecule has 0 saturated heterocycles. The third-order valence-electron chi connectivity index (χ3n) is 3.99. The van der Waals surface area contributed by atoms with Crippen molar-refractivity contribution in [3.63, 3.8) is 0 Å². The fraction of sp³-hybridized carbons (Fsp3) is 0.176. The first kappa shape index (κ1) is 17.1. The van der Waals surface area contributed by atoms with Crippen molar-refractivity contribution in [2.24, 2.45) is 7.05 Å². The molecule has 2 aromatic carbocycles. The second-order valence-electron chi connectivity index (χ2n) is 5.55. The van der Waals surface area contributed by atoms with Crippen molar-refractivity contribution < 1.29 is 9.90 Å². The molecule has 4 nitrogen and oxygen atoms in total. The molecule has 0 saturated carbocycles. The van der Waals surface area contributed by atoms with Crippen LogP contribution in [0.15, 0.2) is 24.3 Å². The third kappa shape index (κ3) is 2.86. The molecule has 0 spiro atoms. The Morgan fingerprint density at radius 2 is 1.96 bits per heavy atom. The number of fused-ring (bicyclic) bond motifs is 1. The van der Waals surface area contributed by atoms with Crippen LogP contribution < -0.4 is 0 Å². The van der Waals surface area contributed by atoms with E-state index >= 15 is 0 Å². The molecule has 0 aliphatic heterocycles. The number of aryl methyl sites for hydroxylation is 2. The van der Waals surface area contributed by atoms with E-state index in [2.05, 4.69) is 4.98 Å². The van der Waals surface area contributed by atoms with Gasteiger partial charge < -0.3 is 9.67 Å². The Labute approximate surface area is 153 Å². The van der Waals surface area contributed by atoms with E-state index in [0.717, 1.165) is 22.4 Å². The molecule has 0 aliphatic carbocycles. The smallest absolute Gasteiger partial charge is 0.337 e. The Hall–Kier alpha value is -1.75. The highest BCUT2D eigenvalue weighted by molar-refractivity contribution is 6.38. The Morgan fingerprint density at radius 1 is 1.25 bits per heavy atom. The molecule has 0 bridgehead atoms. The number of halogens is 3. The number of imidazole rings is 1. The average molecular weight is 384 g/mol. The van der Waals surface area contributed by atoms with E-state index in [4.69, 9.17) is 34.8 Å². The number of hydrogen-bond acceptors (Lipinski definition) is 2. The molecule has 24 heavy (non-hydrogen) atoms. The van der Waals surface area contributed by atoms with Crippen LogP contribution in [-0.4, -0.2) is 20.6 Å². The first-order valence-corrected chi connectivity index (χ1v) is 8.24. The first-order valence-electron chi connectivity index (χ1n) is 7.11. The van der Waals surface area contributed by atoms with Gasteiger partial charge in [-0.3, -0.25) is 0 Å². The van der Waals surface area contributed by atoms with Crippen molar-refractivity contribution in [3.05, 3.63) is 61.8 Å². The third-order valence-corrected chi connectivity index (χ3v) is 4.99. The van der Waals surface area contributed by atoms with Gasteiger partial charge in [0.2, 0.25) is 0 Å². The fourth-order valence-electron chi connectivity index (χ4n) is 2.70. The molecule has 0 unspecified atom stereocenters. The summed E-state index contributed by atoms with van der Waals surface area (Å²) in [6.45, 7) is 1.94. The van der Waals surface area contributed by atoms with Crippen LogP contribution in [0, 0.1) is 6.92 Å². The van der Waals surface area contributed by atoms with Gasteiger partial charge >= 0.3 is 5.97 Å². The van der Waals surface area contributed by atoms with Crippen molar-refractivity contribution in [2.45, 2.75) is 13.3 Å². The topological polar surface area (TPSA) is 55.1 Å². The second-order valence-corrected chi connectivity index (χ2v) is 6.77. The summed E-state index contributed by atoms with van der Waals surface area (Å²) >= 11 is 18.6. The number of carbonyl (C=O) groups is 1. The molecular weight excluding hydrogens is 371 g/mol. The number of carboxylic acids is 1. The van der Waals surface area contributed by atoms with Crippen molar-refractivity contribution in [1.29, 1.82) is 0 Å². The van der Waals surface area contributed by atoms with Gasteiger partial charge in [0, 0.05) is 23.5 Å². The maximum Gasteiger partial charge on any atom is 0.337 e. The molecule has 7 heteroatoms. The Balaban J connectivity index is 2.14. The molecule has 1 heterocycles. The van der Waals surface area contributed by atoms with Gasteiger partial charge in [-0.2, -0.15) is 0 Å². The van der Waals surface area contributed by atoms with Crippen LogP contribution in [0.25, 0.3) is 11.0 Å². The number of aromatic nitrogens is 2. The fourth-order valence-corrected chi connectivity index (χ4v) is 3.56. The molecule has 1 aromatic heterocycles. The molecule has 0 aliphatic rings. The molecule has 0 fully saturated rings. The van der Waals surface area contributed by atoms with E-state index in [1.165, 1.54) is 12.1 Å². The number of nitrogens with zero attached hydrogens (tertiary/aromatic N) is 2. The minimum atomic E-state index is -1.09. The molecule has 3 rings (SSSR count). The van der Waals surface area contributed by atoms with E-state index in [1.54, 1.807) is 0 Å². The largest absolute Gasteiger partial charge is 0.478 e. The number of aromatic carboxylic acids is 1. The molecule has 0 atom stereocenters. The van der Waals surface area contributed by atoms with Gasteiger partial charge in [0.05, 0.1) is 21.6 Å². The minimum absolute atomic E-state index is 0.0223. The summed E-state index contributed by atoms with van der Waals surface area (Å²) in [7, 11) is 1.88. The van der Waals surface area contributed by atoms with Crippen LogP contribution in [0.2, 0.25) is 15.1 Å². The first-order chi connectivity index (χ1) is 11.3. The predicted molar refractivity (Wildman–Crippen MR) is 96.7 cm³/mol. The number of benzene rings is 2. The van der Waals surface area contributed by atoms with Gasteiger partial charge in [-0.1, -0.05) is 34.8 Å². The van der Waals surface area contributed by atoms with Crippen molar-refractivity contribution >= 4 is 51.8 Å². The lowest BCUT2D eigenvalue weighted by Crippen LogP contribution is -2.04. The zero-order valence-corrected chi connectivity index (χ0v) is 15.2. The second kappa shape index (κ2) is 6.28. The van der Waals surface area contributed by atoms with Crippen molar-refractivity contribution in [1.82, 2.24) is 9.55 Å². The Morgan fingerprint density at radius 3 is 2.62 bits per heavy atom. The molecule has 3 aromatic rings. The normalized spacial score (nSPS) is 11.2. The van der Waals surface area contributed by atoms with Crippen LogP contribution >= 0.6 is 34.8 Å². The van der Waals surface area contributed by atoms with Crippen LogP contribution in [0.4, 0.5) is 0 Å². The van der Waals surface area contributed by atoms with Gasteiger partial charge in [-0.25, -0.2) is 9.78 Å². The van der Waals surface area contributed by atoms with Gasteiger partial charge in [-0.15, -0.1) is 0 Å². The molecular formula is C17H13Cl3N2O2. The molecule has 124 valence electrons. The molecule has 1 N–H and O–H groups in total. The van der Waals surface area contributed by atoms with Crippen LogP contribution in [-0.2, 0) is 13.5 Å². The monoisotopic (exact) mass is 382 g/mol. The number of rotatable bonds is 3. The van der Waals surface area contributed by atoms with Crippen LogP contribution in [0.3, 0.4) is 0 Å². The van der Waals surface area contributed by atoms with E-state index in [-0.39, 0.29) is 10.6 Å². The summed E-state index contributed by atoms with van der Waals surface area (Å²) < 4.78 is 1.91. The average Bonchev–Trinajstić information content (AvgIpc) is 2.80. The maximum absolute atomic E-state index is 11.3. The number of carboxylic acid groups (broad SMARTS) is 1. The van der Waals surface area contributed by atoms with Gasteiger partial charge in [0.15, 0.2) is 0 Å². The van der Waals surface area contributed by atoms with E-state index < -0.39 is 5.97 Å². The number of hydrogen-bond donors (Lipinski definition) is 1. The SMILES string of the molecule is Cc1cc(Cl)cc2c1nc(Cc1c(Cl)ccc(C(=O)O)c1Cl)n2C. The Kier molecular flexibility index (Phi) is 4.47. The highest BCUT2D eigenvalue weighted by Gasteiger charge is 2.18. The summed E-state index contributed by atoms with van der Waals surface area (Å²) in [5.41, 5.74) is 3.28. The lowest BCUT2D eigenvalue weighted by molar-refractivity contribution is 0.0697.